The molecule has 0 atom stereocenters. The Morgan fingerprint density at radius 2 is 1.81 bits per heavy atom. The minimum absolute atomic E-state index is 0.0296. The summed E-state index contributed by atoms with van der Waals surface area (Å²) in [5.41, 5.74) is 2.11. The average Bonchev–Trinajstić information content (AvgIpc) is 3.18. The van der Waals surface area contributed by atoms with Gasteiger partial charge in [-0.05, 0) is 30.5 Å². The summed E-state index contributed by atoms with van der Waals surface area (Å²) in [7, 11) is 1.97. The monoisotopic (exact) mass is 422 g/mol. The highest BCUT2D eigenvalue weighted by Gasteiger charge is 2.24. The van der Waals surface area contributed by atoms with Crippen molar-refractivity contribution in [2.45, 2.75) is 51.2 Å². The molecule has 0 spiro atoms. The molecule has 6 nitrogen and oxygen atoms in total. The summed E-state index contributed by atoms with van der Waals surface area (Å²) in [6.07, 6.45) is 9.19. The van der Waals surface area contributed by atoms with E-state index < -0.39 is 0 Å². The van der Waals surface area contributed by atoms with Crippen LogP contribution in [0.1, 0.15) is 43.4 Å². The lowest BCUT2D eigenvalue weighted by Gasteiger charge is -2.30. The molecule has 2 aromatic rings. The molecule has 0 aliphatic heterocycles. The van der Waals surface area contributed by atoms with Crippen molar-refractivity contribution in [3.05, 3.63) is 72.6 Å². The molecule has 3 amide bonds. The molecule has 1 saturated carbocycles. The van der Waals surface area contributed by atoms with Crippen LogP contribution >= 0.6 is 0 Å². The van der Waals surface area contributed by atoms with Gasteiger partial charge >= 0.3 is 6.03 Å². The lowest BCUT2D eigenvalue weighted by Crippen LogP contribution is -2.49. The maximum Gasteiger partial charge on any atom is 0.318 e. The van der Waals surface area contributed by atoms with Gasteiger partial charge in [-0.25, -0.2) is 4.79 Å². The van der Waals surface area contributed by atoms with Crippen LogP contribution in [-0.2, 0) is 24.9 Å². The largest absolute Gasteiger partial charge is 0.353 e. The number of rotatable bonds is 9. The van der Waals surface area contributed by atoms with E-state index in [0.29, 0.717) is 19.6 Å². The van der Waals surface area contributed by atoms with Crippen LogP contribution in [0.3, 0.4) is 0 Å². The predicted octanol–water partition coefficient (Wildman–Crippen LogP) is 4.08. The topological polar surface area (TPSA) is 57.6 Å². The minimum atomic E-state index is -0.182. The number of aryl methyl sites for hydroxylation is 1. The second-order valence-corrected chi connectivity index (χ2v) is 8.30. The van der Waals surface area contributed by atoms with Gasteiger partial charge in [-0.15, -0.1) is 6.58 Å². The van der Waals surface area contributed by atoms with E-state index in [2.05, 4.69) is 11.9 Å². The van der Waals surface area contributed by atoms with E-state index in [1.54, 1.807) is 11.0 Å². The van der Waals surface area contributed by atoms with Crippen LogP contribution in [0.4, 0.5) is 4.79 Å². The van der Waals surface area contributed by atoms with Crippen LogP contribution < -0.4 is 5.32 Å². The first-order valence-corrected chi connectivity index (χ1v) is 11.1. The predicted molar refractivity (Wildman–Crippen MR) is 123 cm³/mol. The minimum Gasteiger partial charge on any atom is -0.353 e. The third-order valence-electron chi connectivity index (χ3n) is 5.87. The van der Waals surface area contributed by atoms with Gasteiger partial charge in [-0.1, -0.05) is 55.7 Å². The molecule has 0 radical (unpaired) electrons. The van der Waals surface area contributed by atoms with E-state index in [0.717, 1.165) is 36.9 Å². The van der Waals surface area contributed by atoms with E-state index in [1.165, 1.54) is 6.42 Å². The standard InChI is InChI=1S/C25H34N4O2/c1-3-16-28(25(31)26-22-13-8-5-9-14-22)20-24(30)29(18-21-11-6-4-7-12-21)19-23-15-10-17-27(23)2/h3-4,6-7,10-12,15,17,22H,1,5,8-9,13-14,16,18-20H2,2H3,(H,26,31). The Morgan fingerprint density at radius 3 is 2.45 bits per heavy atom. The van der Waals surface area contributed by atoms with E-state index >= 15 is 0 Å². The Morgan fingerprint density at radius 1 is 1.06 bits per heavy atom. The fourth-order valence-corrected chi connectivity index (χ4v) is 4.04. The van der Waals surface area contributed by atoms with Crippen molar-refractivity contribution >= 4 is 11.9 Å². The molecule has 0 unspecified atom stereocenters. The molecule has 1 aromatic heterocycles. The summed E-state index contributed by atoms with van der Waals surface area (Å²) in [5.74, 6) is -0.0781. The van der Waals surface area contributed by atoms with Crippen molar-refractivity contribution in [1.82, 2.24) is 19.7 Å². The number of hydrogen-bond acceptors (Lipinski definition) is 2. The van der Waals surface area contributed by atoms with Gasteiger partial charge in [-0.3, -0.25) is 4.79 Å². The fourth-order valence-electron chi connectivity index (χ4n) is 4.04. The number of benzene rings is 1. The molecular weight excluding hydrogens is 388 g/mol. The van der Waals surface area contributed by atoms with Crippen LogP contribution in [0.15, 0.2) is 61.3 Å². The van der Waals surface area contributed by atoms with Crippen molar-refractivity contribution in [2.24, 2.45) is 7.05 Å². The van der Waals surface area contributed by atoms with Crippen molar-refractivity contribution in [3.63, 3.8) is 0 Å². The van der Waals surface area contributed by atoms with Crippen LogP contribution in [-0.4, -0.2) is 45.4 Å². The van der Waals surface area contributed by atoms with Crippen LogP contribution in [0.5, 0.6) is 0 Å². The fraction of sp³-hybridized carbons (Fsp3) is 0.440. The molecule has 1 aromatic carbocycles. The number of urea groups is 1. The van der Waals surface area contributed by atoms with Crippen LogP contribution in [0.2, 0.25) is 0 Å². The number of nitrogens with one attached hydrogen (secondary N) is 1. The Bertz CT molecular complexity index is 855. The van der Waals surface area contributed by atoms with Crippen molar-refractivity contribution < 1.29 is 9.59 Å². The molecule has 1 aliphatic rings. The smallest absolute Gasteiger partial charge is 0.318 e. The molecule has 6 heteroatoms. The zero-order valence-electron chi connectivity index (χ0n) is 18.5. The van der Waals surface area contributed by atoms with Gasteiger partial charge in [-0.2, -0.15) is 0 Å². The van der Waals surface area contributed by atoms with E-state index in [9.17, 15) is 9.59 Å². The second kappa shape index (κ2) is 11.4. The summed E-state index contributed by atoms with van der Waals surface area (Å²) < 4.78 is 2.02. The van der Waals surface area contributed by atoms with E-state index in [-0.39, 0.29) is 24.5 Å². The highest BCUT2D eigenvalue weighted by molar-refractivity contribution is 5.84. The zero-order valence-corrected chi connectivity index (χ0v) is 18.5. The van der Waals surface area contributed by atoms with Gasteiger partial charge in [0.2, 0.25) is 5.91 Å². The summed E-state index contributed by atoms with van der Waals surface area (Å²) in [6.45, 7) is 5.13. The molecule has 1 fully saturated rings. The Balaban J connectivity index is 1.70. The Labute approximate surface area is 185 Å². The molecule has 31 heavy (non-hydrogen) atoms. The number of nitrogens with zero attached hydrogens (tertiary/aromatic N) is 3. The van der Waals surface area contributed by atoms with Crippen molar-refractivity contribution in [2.75, 3.05) is 13.1 Å². The summed E-state index contributed by atoms with van der Waals surface area (Å²) in [6, 6.07) is 14.0. The molecule has 1 heterocycles. The summed E-state index contributed by atoms with van der Waals surface area (Å²) >= 11 is 0. The van der Waals surface area contributed by atoms with Crippen molar-refractivity contribution in [1.29, 1.82) is 0 Å². The lowest BCUT2D eigenvalue weighted by atomic mass is 9.96. The third-order valence-corrected chi connectivity index (χ3v) is 5.87. The lowest BCUT2D eigenvalue weighted by molar-refractivity contribution is -0.133. The van der Waals surface area contributed by atoms with Gasteiger partial charge in [0.05, 0.1) is 6.54 Å². The first-order chi connectivity index (χ1) is 15.1. The molecule has 3 rings (SSSR count). The molecular formula is C25H34N4O2. The summed E-state index contributed by atoms with van der Waals surface area (Å²) in [5, 5.41) is 3.12. The first kappa shape index (κ1) is 22.7. The highest BCUT2D eigenvalue weighted by atomic mass is 16.2. The maximum absolute atomic E-state index is 13.3. The highest BCUT2D eigenvalue weighted by Crippen LogP contribution is 2.18. The SMILES string of the molecule is C=CCN(CC(=O)N(Cc1ccccc1)Cc1cccn1C)C(=O)NC1CCCCC1. The van der Waals surface area contributed by atoms with Crippen LogP contribution in [0, 0.1) is 0 Å². The number of hydrogen-bond donors (Lipinski definition) is 1. The van der Waals surface area contributed by atoms with Crippen LogP contribution in [0.25, 0.3) is 0 Å². The van der Waals surface area contributed by atoms with Gasteiger partial charge < -0.3 is 19.7 Å². The molecule has 166 valence electrons. The van der Waals surface area contributed by atoms with Gasteiger partial charge in [0.1, 0.15) is 6.54 Å². The molecule has 0 bridgehead atoms. The third kappa shape index (κ3) is 6.74. The second-order valence-electron chi connectivity index (χ2n) is 8.30. The van der Waals surface area contributed by atoms with E-state index in [1.807, 2.05) is 65.2 Å². The van der Waals surface area contributed by atoms with Gasteiger partial charge in [0, 0.05) is 38.1 Å². The summed E-state index contributed by atoms with van der Waals surface area (Å²) in [4.78, 5) is 29.6. The zero-order chi connectivity index (χ0) is 22.1. The van der Waals surface area contributed by atoms with Gasteiger partial charge in [0.25, 0.3) is 0 Å². The Kier molecular flexibility index (Phi) is 8.33. The number of amides is 3. The van der Waals surface area contributed by atoms with Gasteiger partial charge in [0.15, 0.2) is 0 Å². The number of carbonyl (C=O) groups is 2. The average molecular weight is 423 g/mol. The van der Waals surface area contributed by atoms with E-state index in [4.69, 9.17) is 0 Å². The Hall–Kier alpha value is -3.02. The normalized spacial score (nSPS) is 14.1. The maximum atomic E-state index is 13.3. The first-order valence-electron chi connectivity index (χ1n) is 11.1. The van der Waals surface area contributed by atoms with Crippen molar-refractivity contribution in [3.8, 4) is 0 Å². The molecule has 1 N–H and O–H groups in total. The molecule has 1 aliphatic carbocycles. The number of aromatic nitrogens is 1. The number of carbonyl (C=O) groups excluding carboxylic acids is 2. The quantitative estimate of drug-likeness (QED) is 0.619. The molecule has 0 saturated heterocycles.